The largest absolute Gasteiger partial charge is 0.207 e. The van der Waals surface area contributed by atoms with E-state index in [1.54, 1.807) is 17.4 Å². The number of rotatable bonds is 1. The van der Waals surface area contributed by atoms with Crippen LogP contribution in [-0.2, 0) is 5.88 Å². The first-order chi connectivity index (χ1) is 6.20. The Hall–Kier alpha value is 0.130. The predicted molar refractivity (Wildman–Crippen MR) is 64.1 cm³/mol. The van der Waals surface area contributed by atoms with Crippen molar-refractivity contribution in [1.82, 2.24) is 0 Å². The van der Waals surface area contributed by atoms with Gasteiger partial charge in [0.05, 0.1) is 2.88 Å². The van der Waals surface area contributed by atoms with Crippen LogP contribution in [0.5, 0.6) is 0 Å². The van der Waals surface area contributed by atoms with Gasteiger partial charge < -0.3 is 0 Å². The monoisotopic (exact) mass is 326 g/mol. The van der Waals surface area contributed by atoms with E-state index in [2.05, 4.69) is 22.6 Å². The number of fused-ring (bicyclic) bond motifs is 1. The summed E-state index contributed by atoms with van der Waals surface area (Å²) in [5.41, 5.74) is 0.879. The first-order valence-corrected chi connectivity index (χ1v) is 6.07. The second-order valence-corrected chi connectivity index (χ2v) is 5.88. The van der Waals surface area contributed by atoms with E-state index < -0.39 is 0 Å². The molecule has 0 nitrogen and oxygen atoms in total. The average Bonchev–Trinajstić information content (AvgIpc) is 2.43. The van der Waals surface area contributed by atoms with Crippen LogP contribution in [0.3, 0.4) is 0 Å². The smallest absolute Gasteiger partial charge is 0.124 e. The molecule has 0 saturated heterocycles. The third-order valence-electron chi connectivity index (χ3n) is 1.77. The third-order valence-corrected chi connectivity index (χ3v) is 4.05. The van der Waals surface area contributed by atoms with E-state index in [9.17, 15) is 4.39 Å². The lowest BCUT2D eigenvalue weighted by Gasteiger charge is -1.97. The molecule has 0 N–H and O–H groups in total. The minimum Gasteiger partial charge on any atom is -0.207 e. The zero-order chi connectivity index (χ0) is 9.42. The molecule has 0 saturated carbocycles. The SMILES string of the molecule is Fc1cc(CCl)c2sc(I)cc2c1. The molecule has 4 heteroatoms. The predicted octanol–water partition coefficient (Wildman–Crippen LogP) is 4.38. The van der Waals surface area contributed by atoms with E-state index >= 15 is 0 Å². The van der Waals surface area contributed by atoms with Gasteiger partial charge in [-0.3, -0.25) is 0 Å². The van der Waals surface area contributed by atoms with Crippen molar-refractivity contribution in [1.29, 1.82) is 0 Å². The van der Waals surface area contributed by atoms with E-state index in [4.69, 9.17) is 11.6 Å². The van der Waals surface area contributed by atoms with Crippen molar-refractivity contribution in [2.75, 3.05) is 0 Å². The van der Waals surface area contributed by atoms with Gasteiger partial charge in [0, 0.05) is 10.6 Å². The van der Waals surface area contributed by atoms with Crippen LogP contribution in [-0.4, -0.2) is 0 Å². The standard InChI is InChI=1S/C9H5ClFIS/c10-4-6-2-7(11)1-5-3-8(12)13-9(5)6/h1-3H,4H2. The van der Waals surface area contributed by atoms with Crippen LogP contribution in [0.25, 0.3) is 10.1 Å². The Morgan fingerprint density at radius 3 is 2.85 bits per heavy atom. The summed E-state index contributed by atoms with van der Waals surface area (Å²) in [4.78, 5) is 0. The van der Waals surface area contributed by atoms with Crippen molar-refractivity contribution in [3.63, 3.8) is 0 Å². The Morgan fingerprint density at radius 2 is 2.15 bits per heavy atom. The van der Waals surface area contributed by atoms with E-state index in [1.807, 2.05) is 6.07 Å². The van der Waals surface area contributed by atoms with Crippen LogP contribution >= 0.6 is 45.5 Å². The highest BCUT2D eigenvalue weighted by molar-refractivity contribution is 14.1. The highest BCUT2D eigenvalue weighted by Crippen LogP contribution is 2.31. The van der Waals surface area contributed by atoms with E-state index in [0.29, 0.717) is 5.88 Å². The lowest BCUT2D eigenvalue weighted by Crippen LogP contribution is -1.80. The molecule has 0 atom stereocenters. The molecule has 0 fully saturated rings. The van der Waals surface area contributed by atoms with Crippen LogP contribution in [0.1, 0.15) is 5.56 Å². The summed E-state index contributed by atoms with van der Waals surface area (Å²) in [7, 11) is 0. The summed E-state index contributed by atoms with van der Waals surface area (Å²) >= 11 is 9.60. The molecule has 1 aromatic heterocycles. The fraction of sp³-hybridized carbons (Fsp3) is 0.111. The van der Waals surface area contributed by atoms with Crippen LogP contribution in [0.2, 0.25) is 0 Å². The zero-order valence-electron chi connectivity index (χ0n) is 6.48. The first-order valence-electron chi connectivity index (χ1n) is 3.64. The molecule has 2 rings (SSSR count). The molecule has 0 aliphatic heterocycles. The number of alkyl halides is 1. The Labute approximate surface area is 97.8 Å². The second-order valence-electron chi connectivity index (χ2n) is 2.67. The molecule has 0 amide bonds. The lowest BCUT2D eigenvalue weighted by atomic mass is 10.2. The maximum Gasteiger partial charge on any atom is 0.124 e. The zero-order valence-corrected chi connectivity index (χ0v) is 10.2. The van der Waals surface area contributed by atoms with Crippen LogP contribution in [0.4, 0.5) is 4.39 Å². The van der Waals surface area contributed by atoms with Gasteiger partial charge in [0.15, 0.2) is 0 Å². The topological polar surface area (TPSA) is 0 Å². The van der Waals surface area contributed by atoms with E-state index in [-0.39, 0.29) is 5.82 Å². The fourth-order valence-electron chi connectivity index (χ4n) is 1.25. The summed E-state index contributed by atoms with van der Waals surface area (Å²) < 4.78 is 15.3. The molecule has 0 unspecified atom stereocenters. The van der Waals surface area contributed by atoms with Gasteiger partial charge in [-0.1, -0.05) is 0 Å². The maximum atomic E-state index is 13.0. The molecule has 1 aromatic carbocycles. The molecule has 0 aliphatic rings. The summed E-state index contributed by atoms with van der Waals surface area (Å²) in [5.74, 6) is 0.155. The molecule has 13 heavy (non-hydrogen) atoms. The van der Waals surface area contributed by atoms with Crippen LogP contribution in [0.15, 0.2) is 18.2 Å². The normalized spacial score (nSPS) is 11.0. The third kappa shape index (κ3) is 1.82. The Kier molecular flexibility index (Phi) is 2.76. The summed E-state index contributed by atoms with van der Waals surface area (Å²) in [5, 5.41) is 0.949. The molecular weight excluding hydrogens is 322 g/mol. The average molecular weight is 327 g/mol. The van der Waals surface area contributed by atoms with Gasteiger partial charge in [0.1, 0.15) is 5.82 Å². The van der Waals surface area contributed by atoms with Crippen molar-refractivity contribution in [3.8, 4) is 0 Å². The minimum absolute atomic E-state index is 0.211. The van der Waals surface area contributed by atoms with Crippen molar-refractivity contribution >= 4 is 55.6 Å². The number of halogens is 3. The molecule has 0 spiro atoms. The van der Waals surface area contributed by atoms with E-state index in [1.165, 1.54) is 6.07 Å². The molecule has 0 radical (unpaired) electrons. The van der Waals surface area contributed by atoms with Crippen molar-refractivity contribution in [2.24, 2.45) is 0 Å². The molecule has 0 aliphatic carbocycles. The fourth-order valence-corrected chi connectivity index (χ4v) is 3.42. The Balaban J connectivity index is 2.80. The first kappa shape index (κ1) is 9.68. The Morgan fingerprint density at radius 1 is 1.38 bits per heavy atom. The second kappa shape index (κ2) is 3.71. The van der Waals surface area contributed by atoms with Crippen molar-refractivity contribution in [2.45, 2.75) is 5.88 Å². The van der Waals surface area contributed by atoms with Crippen LogP contribution < -0.4 is 0 Å². The quantitative estimate of drug-likeness (QED) is 0.539. The molecule has 2 aromatic rings. The van der Waals surface area contributed by atoms with E-state index in [0.717, 1.165) is 18.5 Å². The molecular formula is C9H5ClFIS. The van der Waals surface area contributed by atoms with Gasteiger partial charge in [-0.2, -0.15) is 0 Å². The van der Waals surface area contributed by atoms with Gasteiger partial charge in [0.2, 0.25) is 0 Å². The van der Waals surface area contributed by atoms with Gasteiger partial charge in [-0.25, -0.2) is 4.39 Å². The van der Waals surface area contributed by atoms with Gasteiger partial charge in [-0.05, 0) is 51.7 Å². The number of hydrogen-bond acceptors (Lipinski definition) is 1. The highest BCUT2D eigenvalue weighted by atomic mass is 127. The van der Waals surface area contributed by atoms with Gasteiger partial charge in [0.25, 0.3) is 0 Å². The highest BCUT2D eigenvalue weighted by Gasteiger charge is 2.06. The van der Waals surface area contributed by atoms with Crippen molar-refractivity contribution < 1.29 is 4.39 Å². The van der Waals surface area contributed by atoms with Crippen LogP contribution in [0, 0.1) is 8.70 Å². The van der Waals surface area contributed by atoms with Gasteiger partial charge >= 0.3 is 0 Å². The summed E-state index contributed by atoms with van der Waals surface area (Å²) in [6.45, 7) is 0. The Bertz CT molecular complexity index is 452. The lowest BCUT2D eigenvalue weighted by molar-refractivity contribution is 0.628. The number of benzene rings is 1. The summed E-state index contributed by atoms with van der Waals surface area (Å²) in [6.07, 6.45) is 0. The van der Waals surface area contributed by atoms with Crippen molar-refractivity contribution in [3.05, 3.63) is 32.5 Å². The number of thiophene rings is 1. The molecule has 0 bridgehead atoms. The minimum atomic E-state index is -0.211. The molecule has 68 valence electrons. The number of hydrogen-bond donors (Lipinski definition) is 0. The molecule has 1 heterocycles. The summed E-state index contributed by atoms with van der Waals surface area (Å²) in [6, 6.07) is 5.02. The maximum absolute atomic E-state index is 13.0. The van der Waals surface area contributed by atoms with Gasteiger partial charge in [-0.15, -0.1) is 22.9 Å².